The first-order chi connectivity index (χ1) is 12.3. The van der Waals surface area contributed by atoms with E-state index in [1.165, 1.54) is 37.5 Å². The van der Waals surface area contributed by atoms with Gasteiger partial charge in [-0.3, -0.25) is 4.72 Å². The van der Waals surface area contributed by atoms with Crippen LogP contribution in [0, 0.1) is 0 Å². The smallest absolute Gasteiger partial charge is 0.337 e. The predicted octanol–water partition coefficient (Wildman–Crippen LogP) is 4.96. The molecule has 0 atom stereocenters. The molecule has 0 fully saturated rings. The maximum atomic E-state index is 12.5. The second-order valence-corrected chi connectivity index (χ2v) is 8.15. The number of aromatic carboxylic acids is 1. The third kappa shape index (κ3) is 5.47. The zero-order valence-electron chi connectivity index (χ0n) is 14.5. The van der Waals surface area contributed by atoms with Crippen LogP contribution in [-0.4, -0.2) is 19.5 Å². The van der Waals surface area contributed by atoms with Gasteiger partial charge in [-0.25, -0.2) is 13.2 Å². The lowest BCUT2D eigenvalue weighted by Crippen LogP contribution is -2.13. The molecule has 0 aliphatic carbocycles. The molecule has 5 nitrogen and oxygen atoms in total. The van der Waals surface area contributed by atoms with Gasteiger partial charge < -0.3 is 5.11 Å². The number of sulfonamides is 1. The highest BCUT2D eigenvalue weighted by Crippen LogP contribution is 2.23. The number of aryl methyl sites for hydroxylation is 1. The lowest BCUT2D eigenvalue weighted by molar-refractivity contribution is 0.0697. The third-order valence-corrected chi connectivity index (χ3v) is 5.73. The first-order valence-corrected chi connectivity index (χ1v) is 10.3. The number of carbonyl (C=O) groups is 1. The topological polar surface area (TPSA) is 83.5 Å². The van der Waals surface area contributed by atoms with Crippen LogP contribution in [0.1, 0.15) is 48.5 Å². The Labute approximate surface area is 159 Å². The molecule has 0 saturated heterocycles. The van der Waals surface area contributed by atoms with Crippen molar-refractivity contribution in [2.24, 2.45) is 0 Å². The molecule has 2 rings (SSSR count). The van der Waals surface area contributed by atoms with E-state index in [4.69, 9.17) is 16.7 Å². The largest absolute Gasteiger partial charge is 0.478 e. The maximum absolute atomic E-state index is 12.5. The van der Waals surface area contributed by atoms with Crippen molar-refractivity contribution >= 4 is 33.3 Å². The fourth-order valence-corrected chi connectivity index (χ4v) is 3.81. The standard InChI is InChI=1S/C19H22ClNO4S/c1-2-3-4-5-6-14-7-10-16(11-8-14)26(24,25)21-15-9-12-18(20)17(13-15)19(22)23/h7-13,21H,2-6H2,1H3,(H,22,23). The summed E-state index contributed by atoms with van der Waals surface area (Å²) in [5, 5.41) is 9.13. The van der Waals surface area contributed by atoms with Crippen LogP contribution in [0.15, 0.2) is 47.4 Å². The maximum Gasteiger partial charge on any atom is 0.337 e. The highest BCUT2D eigenvalue weighted by atomic mass is 35.5. The Morgan fingerprint density at radius 2 is 1.77 bits per heavy atom. The number of unbranched alkanes of at least 4 members (excludes halogenated alkanes) is 3. The number of halogens is 1. The van der Waals surface area contributed by atoms with Gasteiger partial charge in [-0.15, -0.1) is 0 Å². The van der Waals surface area contributed by atoms with E-state index in [-0.39, 0.29) is 21.2 Å². The van der Waals surface area contributed by atoms with Gasteiger partial charge in [-0.05, 0) is 48.7 Å². The van der Waals surface area contributed by atoms with Crippen LogP contribution in [0.5, 0.6) is 0 Å². The van der Waals surface area contributed by atoms with Gasteiger partial charge in [-0.1, -0.05) is 49.9 Å². The average Bonchev–Trinajstić information content (AvgIpc) is 2.60. The Bertz CT molecular complexity index is 864. The van der Waals surface area contributed by atoms with Crippen molar-refractivity contribution in [1.29, 1.82) is 0 Å². The van der Waals surface area contributed by atoms with Crippen molar-refractivity contribution in [1.82, 2.24) is 0 Å². The van der Waals surface area contributed by atoms with Gasteiger partial charge in [0, 0.05) is 5.69 Å². The quantitative estimate of drug-likeness (QED) is 0.587. The molecule has 0 radical (unpaired) electrons. The molecule has 0 aromatic heterocycles. The van der Waals surface area contributed by atoms with Gasteiger partial charge in [0.05, 0.1) is 15.5 Å². The number of hydrogen-bond acceptors (Lipinski definition) is 3. The van der Waals surface area contributed by atoms with E-state index in [1.807, 2.05) is 12.1 Å². The monoisotopic (exact) mass is 395 g/mol. The molecule has 0 unspecified atom stereocenters. The molecule has 0 amide bonds. The van der Waals surface area contributed by atoms with Crippen LogP contribution in [-0.2, 0) is 16.4 Å². The molecule has 0 heterocycles. The molecule has 0 aliphatic rings. The van der Waals surface area contributed by atoms with Crippen LogP contribution >= 0.6 is 11.6 Å². The summed E-state index contributed by atoms with van der Waals surface area (Å²) in [4.78, 5) is 11.2. The van der Waals surface area contributed by atoms with E-state index in [9.17, 15) is 13.2 Å². The van der Waals surface area contributed by atoms with E-state index in [0.29, 0.717) is 0 Å². The highest BCUT2D eigenvalue weighted by Gasteiger charge is 2.16. The van der Waals surface area contributed by atoms with Gasteiger partial charge in [0.2, 0.25) is 0 Å². The van der Waals surface area contributed by atoms with Crippen LogP contribution in [0.3, 0.4) is 0 Å². The second kappa shape index (κ2) is 9.05. The van der Waals surface area contributed by atoms with E-state index in [1.54, 1.807) is 12.1 Å². The normalized spacial score (nSPS) is 11.3. The summed E-state index contributed by atoms with van der Waals surface area (Å²) in [6.07, 6.45) is 5.56. The molecule has 140 valence electrons. The zero-order chi connectivity index (χ0) is 19.2. The molecular formula is C19H22ClNO4S. The molecule has 2 N–H and O–H groups in total. The summed E-state index contributed by atoms with van der Waals surface area (Å²) < 4.78 is 27.4. The van der Waals surface area contributed by atoms with Crippen molar-refractivity contribution in [3.8, 4) is 0 Å². The average molecular weight is 396 g/mol. The van der Waals surface area contributed by atoms with Gasteiger partial charge >= 0.3 is 5.97 Å². The van der Waals surface area contributed by atoms with E-state index in [0.717, 1.165) is 18.4 Å². The van der Waals surface area contributed by atoms with Crippen LogP contribution in [0.25, 0.3) is 0 Å². The first-order valence-electron chi connectivity index (χ1n) is 8.48. The summed E-state index contributed by atoms with van der Waals surface area (Å²) in [6.45, 7) is 2.16. The summed E-state index contributed by atoms with van der Waals surface area (Å²) in [5.74, 6) is -1.22. The van der Waals surface area contributed by atoms with Gasteiger partial charge in [0.1, 0.15) is 0 Å². The number of carboxylic acid groups (broad SMARTS) is 1. The Balaban J connectivity index is 2.10. The summed E-state index contributed by atoms with van der Waals surface area (Å²) >= 11 is 5.80. The molecule has 0 bridgehead atoms. The van der Waals surface area contributed by atoms with E-state index >= 15 is 0 Å². The van der Waals surface area contributed by atoms with Crippen molar-refractivity contribution in [2.45, 2.75) is 43.9 Å². The molecule has 0 aliphatic heterocycles. The van der Waals surface area contributed by atoms with Crippen molar-refractivity contribution in [3.63, 3.8) is 0 Å². The van der Waals surface area contributed by atoms with Crippen molar-refractivity contribution in [3.05, 3.63) is 58.6 Å². The summed E-state index contributed by atoms with van der Waals surface area (Å²) in [7, 11) is -3.80. The summed E-state index contributed by atoms with van der Waals surface area (Å²) in [5.41, 5.74) is 1.09. The number of hydrogen-bond donors (Lipinski definition) is 2. The van der Waals surface area contributed by atoms with Gasteiger partial charge in [0.25, 0.3) is 10.0 Å². The van der Waals surface area contributed by atoms with Crippen LogP contribution in [0.2, 0.25) is 5.02 Å². The Morgan fingerprint density at radius 3 is 2.38 bits per heavy atom. The molecule has 0 saturated carbocycles. The lowest BCUT2D eigenvalue weighted by atomic mass is 10.1. The predicted molar refractivity (Wildman–Crippen MR) is 104 cm³/mol. The fourth-order valence-electron chi connectivity index (χ4n) is 2.56. The molecule has 0 spiro atoms. The molecule has 7 heteroatoms. The fraction of sp³-hybridized carbons (Fsp3) is 0.316. The number of nitrogens with one attached hydrogen (secondary N) is 1. The Kier molecular flexibility index (Phi) is 7.06. The highest BCUT2D eigenvalue weighted by molar-refractivity contribution is 7.92. The van der Waals surface area contributed by atoms with Crippen LogP contribution in [0.4, 0.5) is 5.69 Å². The first kappa shape index (κ1) is 20.3. The molecule has 2 aromatic carbocycles. The van der Waals surface area contributed by atoms with Gasteiger partial charge in [-0.2, -0.15) is 0 Å². The molecule has 26 heavy (non-hydrogen) atoms. The molecular weight excluding hydrogens is 374 g/mol. The SMILES string of the molecule is CCCCCCc1ccc(S(=O)(=O)Nc2ccc(Cl)c(C(=O)O)c2)cc1. The minimum atomic E-state index is -3.80. The third-order valence-electron chi connectivity index (χ3n) is 4.00. The molecule has 2 aromatic rings. The number of anilines is 1. The van der Waals surface area contributed by atoms with E-state index < -0.39 is 16.0 Å². The van der Waals surface area contributed by atoms with Gasteiger partial charge in [0.15, 0.2) is 0 Å². The Hall–Kier alpha value is -2.05. The minimum Gasteiger partial charge on any atom is -0.478 e. The number of benzene rings is 2. The number of rotatable bonds is 9. The minimum absolute atomic E-state index is 0.0490. The second-order valence-electron chi connectivity index (χ2n) is 6.06. The Morgan fingerprint density at radius 1 is 1.08 bits per heavy atom. The van der Waals surface area contributed by atoms with Crippen molar-refractivity contribution in [2.75, 3.05) is 4.72 Å². The van der Waals surface area contributed by atoms with E-state index in [2.05, 4.69) is 11.6 Å². The number of carboxylic acids is 1. The van der Waals surface area contributed by atoms with Crippen LogP contribution < -0.4 is 4.72 Å². The lowest BCUT2D eigenvalue weighted by Gasteiger charge is -2.10. The summed E-state index contributed by atoms with van der Waals surface area (Å²) in [6, 6.07) is 10.7. The zero-order valence-corrected chi connectivity index (χ0v) is 16.1. The van der Waals surface area contributed by atoms with Crippen molar-refractivity contribution < 1.29 is 18.3 Å².